The Bertz CT molecular complexity index is 526. The molecule has 1 aromatic rings. The second-order valence-corrected chi connectivity index (χ2v) is 7.70. The van der Waals surface area contributed by atoms with E-state index in [1.807, 2.05) is 6.92 Å². The number of hydrogen-bond acceptors (Lipinski definition) is 4. The van der Waals surface area contributed by atoms with Crippen LogP contribution in [-0.2, 0) is 10.0 Å². The van der Waals surface area contributed by atoms with Gasteiger partial charge in [-0.1, -0.05) is 6.92 Å². The largest absolute Gasteiger partial charge is 0.399 e. The average molecular weight is 416 g/mol. The van der Waals surface area contributed by atoms with Gasteiger partial charge in [0.2, 0.25) is 10.0 Å². The number of hydrogen-bond donors (Lipinski definition) is 3. The number of benzene rings is 1. The summed E-state index contributed by atoms with van der Waals surface area (Å²) in [5, 5.41) is 8.80. The lowest BCUT2D eigenvalue weighted by Crippen LogP contribution is -2.29. The Morgan fingerprint density at radius 1 is 1.37 bits per heavy atom. The fourth-order valence-corrected chi connectivity index (χ4v) is 5.26. The van der Waals surface area contributed by atoms with E-state index < -0.39 is 10.0 Å². The van der Waals surface area contributed by atoms with Crippen molar-refractivity contribution < 1.29 is 13.5 Å². The van der Waals surface area contributed by atoms with E-state index in [1.54, 1.807) is 0 Å². The molecule has 0 aromatic heterocycles. The van der Waals surface area contributed by atoms with Crippen molar-refractivity contribution in [2.24, 2.45) is 5.92 Å². The molecular formula is C11H16Br2N2O3S. The predicted octanol–water partition coefficient (Wildman–Crippen LogP) is 2.09. The quantitative estimate of drug-likeness (QED) is 0.620. The maximum absolute atomic E-state index is 12.2. The second kappa shape index (κ2) is 7.03. The Hall–Kier alpha value is -0.150. The molecule has 0 spiro atoms. The van der Waals surface area contributed by atoms with Crippen LogP contribution in [0.2, 0.25) is 0 Å². The molecule has 1 atom stereocenters. The first-order valence-corrected chi connectivity index (χ1v) is 8.70. The van der Waals surface area contributed by atoms with Gasteiger partial charge in [0.15, 0.2) is 0 Å². The highest BCUT2D eigenvalue weighted by atomic mass is 79.9. The predicted molar refractivity (Wildman–Crippen MR) is 82.3 cm³/mol. The minimum Gasteiger partial charge on any atom is -0.399 e. The fraction of sp³-hybridized carbons (Fsp3) is 0.455. The SMILES string of the molecule is CC(CCO)CNS(=O)(=O)c1c(Br)cc(N)cc1Br. The number of halogens is 2. The van der Waals surface area contributed by atoms with Crippen molar-refractivity contribution in [2.75, 3.05) is 18.9 Å². The lowest BCUT2D eigenvalue weighted by atomic mass is 10.1. The molecule has 0 aliphatic rings. The Morgan fingerprint density at radius 3 is 2.37 bits per heavy atom. The summed E-state index contributed by atoms with van der Waals surface area (Å²) >= 11 is 6.40. The third-order valence-electron chi connectivity index (χ3n) is 2.53. The maximum Gasteiger partial charge on any atom is 0.242 e. The van der Waals surface area contributed by atoms with Gasteiger partial charge in [-0.25, -0.2) is 13.1 Å². The first kappa shape index (κ1) is 16.9. The van der Waals surface area contributed by atoms with Crippen LogP contribution in [0.3, 0.4) is 0 Å². The zero-order valence-electron chi connectivity index (χ0n) is 10.4. The monoisotopic (exact) mass is 414 g/mol. The standard InChI is InChI=1S/C11H16Br2N2O3S/c1-7(2-3-16)6-15-19(17,18)11-9(12)4-8(14)5-10(11)13/h4-5,7,15-16H,2-3,6,14H2,1H3. The number of aliphatic hydroxyl groups excluding tert-OH is 1. The van der Waals surface area contributed by atoms with Gasteiger partial charge in [-0.05, 0) is 56.3 Å². The number of sulfonamides is 1. The van der Waals surface area contributed by atoms with E-state index in [2.05, 4.69) is 36.6 Å². The van der Waals surface area contributed by atoms with Gasteiger partial charge >= 0.3 is 0 Å². The summed E-state index contributed by atoms with van der Waals surface area (Å²) < 4.78 is 27.8. The molecule has 1 rings (SSSR count). The lowest BCUT2D eigenvalue weighted by molar-refractivity contribution is 0.263. The van der Waals surface area contributed by atoms with Crippen LogP contribution in [0.15, 0.2) is 26.0 Å². The van der Waals surface area contributed by atoms with Crippen molar-refractivity contribution in [3.05, 3.63) is 21.1 Å². The molecule has 1 unspecified atom stereocenters. The minimum absolute atomic E-state index is 0.0398. The van der Waals surface area contributed by atoms with E-state index in [9.17, 15) is 8.42 Å². The van der Waals surface area contributed by atoms with Gasteiger partial charge in [0.05, 0.1) is 0 Å². The summed E-state index contributed by atoms with van der Waals surface area (Å²) in [6.07, 6.45) is 0.548. The first-order valence-electron chi connectivity index (χ1n) is 5.63. The van der Waals surface area contributed by atoms with Crippen molar-refractivity contribution in [3.8, 4) is 0 Å². The van der Waals surface area contributed by atoms with Gasteiger partial charge in [-0.2, -0.15) is 0 Å². The van der Waals surface area contributed by atoms with Crippen LogP contribution in [0, 0.1) is 5.92 Å². The van der Waals surface area contributed by atoms with Crippen LogP contribution in [0.5, 0.6) is 0 Å². The van der Waals surface area contributed by atoms with Crippen LogP contribution in [0.1, 0.15) is 13.3 Å². The summed E-state index contributed by atoms with van der Waals surface area (Å²) in [4.78, 5) is 0.123. The molecule has 0 amide bonds. The van der Waals surface area contributed by atoms with Crippen LogP contribution >= 0.6 is 31.9 Å². The molecule has 0 saturated heterocycles. The van der Waals surface area contributed by atoms with Crippen molar-refractivity contribution >= 4 is 47.6 Å². The third kappa shape index (κ3) is 4.71. The van der Waals surface area contributed by atoms with E-state index in [4.69, 9.17) is 10.8 Å². The summed E-state index contributed by atoms with van der Waals surface area (Å²) in [5.74, 6) is 0.0612. The smallest absolute Gasteiger partial charge is 0.242 e. The average Bonchev–Trinajstić information content (AvgIpc) is 2.25. The molecule has 0 heterocycles. The van der Waals surface area contributed by atoms with Crippen LogP contribution < -0.4 is 10.5 Å². The molecule has 19 heavy (non-hydrogen) atoms. The normalized spacial score (nSPS) is 13.5. The molecule has 4 N–H and O–H groups in total. The second-order valence-electron chi connectivity index (χ2n) is 4.28. The topological polar surface area (TPSA) is 92.4 Å². The zero-order chi connectivity index (χ0) is 14.6. The number of nitrogens with one attached hydrogen (secondary N) is 1. The molecule has 8 heteroatoms. The number of anilines is 1. The van der Waals surface area contributed by atoms with Crippen molar-refractivity contribution in [3.63, 3.8) is 0 Å². The number of nitrogen functional groups attached to an aromatic ring is 1. The minimum atomic E-state index is -3.63. The van der Waals surface area contributed by atoms with Gasteiger partial charge in [0, 0.05) is 27.8 Å². The number of rotatable bonds is 6. The van der Waals surface area contributed by atoms with Crippen LogP contribution in [0.25, 0.3) is 0 Å². The van der Waals surface area contributed by atoms with Crippen molar-refractivity contribution in [1.29, 1.82) is 0 Å². The maximum atomic E-state index is 12.2. The summed E-state index contributed by atoms with van der Waals surface area (Å²) in [7, 11) is -3.63. The highest BCUT2D eigenvalue weighted by molar-refractivity contribution is 9.11. The molecule has 108 valence electrons. The molecule has 0 aliphatic heterocycles. The molecule has 5 nitrogen and oxygen atoms in total. The van der Waals surface area contributed by atoms with Crippen molar-refractivity contribution in [1.82, 2.24) is 4.72 Å². The molecule has 0 aliphatic carbocycles. The van der Waals surface area contributed by atoms with Gasteiger partial charge in [0.1, 0.15) is 4.90 Å². The molecule has 0 radical (unpaired) electrons. The van der Waals surface area contributed by atoms with Crippen LogP contribution in [-0.4, -0.2) is 26.7 Å². The molecule has 0 saturated carbocycles. The van der Waals surface area contributed by atoms with E-state index >= 15 is 0 Å². The van der Waals surface area contributed by atoms with Gasteiger partial charge in [-0.15, -0.1) is 0 Å². The Labute approximate surface area is 129 Å². The van der Waals surface area contributed by atoms with Crippen LogP contribution in [0.4, 0.5) is 5.69 Å². The summed E-state index contributed by atoms with van der Waals surface area (Å²) in [6.45, 7) is 2.18. The van der Waals surface area contributed by atoms with E-state index in [-0.39, 0.29) is 24.0 Å². The fourth-order valence-electron chi connectivity index (χ4n) is 1.48. The Balaban J connectivity index is 2.95. The van der Waals surface area contributed by atoms with Crippen molar-refractivity contribution in [2.45, 2.75) is 18.2 Å². The van der Waals surface area contributed by atoms with E-state index in [0.29, 0.717) is 21.1 Å². The zero-order valence-corrected chi connectivity index (χ0v) is 14.3. The highest BCUT2D eigenvalue weighted by Gasteiger charge is 2.22. The molecular weight excluding hydrogens is 400 g/mol. The number of nitrogens with two attached hydrogens (primary N) is 1. The third-order valence-corrected chi connectivity index (χ3v) is 5.83. The number of aliphatic hydroxyl groups is 1. The van der Waals surface area contributed by atoms with E-state index in [1.165, 1.54) is 12.1 Å². The Morgan fingerprint density at radius 2 is 1.89 bits per heavy atom. The first-order chi connectivity index (χ1) is 8.77. The molecule has 1 aromatic carbocycles. The molecule has 0 bridgehead atoms. The Kier molecular flexibility index (Phi) is 6.25. The van der Waals surface area contributed by atoms with E-state index in [0.717, 1.165) is 0 Å². The summed E-state index contributed by atoms with van der Waals surface area (Å²) in [6, 6.07) is 3.08. The summed E-state index contributed by atoms with van der Waals surface area (Å²) in [5.41, 5.74) is 6.09. The van der Waals surface area contributed by atoms with Gasteiger partial charge in [0.25, 0.3) is 0 Å². The lowest BCUT2D eigenvalue weighted by Gasteiger charge is -2.14. The van der Waals surface area contributed by atoms with Gasteiger partial charge < -0.3 is 10.8 Å². The highest BCUT2D eigenvalue weighted by Crippen LogP contribution is 2.32. The molecule has 0 fully saturated rings. The van der Waals surface area contributed by atoms with Gasteiger partial charge in [-0.3, -0.25) is 0 Å².